The second kappa shape index (κ2) is 7.94. The van der Waals surface area contributed by atoms with Crippen molar-refractivity contribution in [2.75, 3.05) is 19.7 Å². The van der Waals surface area contributed by atoms with Gasteiger partial charge in [0.05, 0.1) is 6.61 Å². The van der Waals surface area contributed by atoms with Gasteiger partial charge in [0.25, 0.3) is 0 Å². The average molecular weight is 219 g/mol. The number of rotatable bonds is 7. The molecule has 0 radical (unpaired) electrons. The molecule has 0 heterocycles. The third-order valence-corrected chi connectivity index (χ3v) is 2.15. The predicted octanol–water partition coefficient (Wildman–Crippen LogP) is 3.10. The summed E-state index contributed by atoms with van der Waals surface area (Å²) in [4.78, 5) is 0. The van der Waals surface area contributed by atoms with Gasteiger partial charge in [-0.15, -0.1) is 0 Å². The molecule has 0 aliphatic heterocycles. The lowest BCUT2D eigenvalue weighted by Gasteiger charge is -2.04. The smallest absolute Gasteiger partial charge is 0.119 e. The van der Waals surface area contributed by atoms with Gasteiger partial charge in [0.15, 0.2) is 0 Å². The lowest BCUT2D eigenvalue weighted by atomic mass is 10.2. The van der Waals surface area contributed by atoms with Crippen molar-refractivity contribution in [3.05, 3.63) is 35.9 Å². The second-order valence-electron chi connectivity index (χ2n) is 3.63. The van der Waals surface area contributed by atoms with Gasteiger partial charge in [-0.3, -0.25) is 0 Å². The molecule has 1 rings (SSSR count). The van der Waals surface area contributed by atoms with Crippen molar-refractivity contribution in [1.29, 1.82) is 0 Å². The van der Waals surface area contributed by atoms with Gasteiger partial charge in [-0.05, 0) is 30.7 Å². The lowest BCUT2D eigenvalue weighted by molar-refractivity contribution is 0.317. The molecule has 0 aliphatic carbocycles. The van der Waals surface area contributed by atoms with Crippen LogP contribution in [-0.2, 0) is 0 Å². The molecule has 0 spiro atoms. The van der Waals surface area contributed by atoms with Crippen molar-refractivity contribution in [3.63, 3.8) is 0 Å². The van der Waals surface area contributed by atoms with Crippen molar-refractivity contribution >= 4 is 6.08 Å². The molecule has 0 aromatic heterocycles. The number of benzene rings is 1. The molecule has 0 amide bonds. The van der Waals surface area contributed by atoms with Crippen LogP contribution in [0.1, 0.15) is 25.8 Å². The standard InChI is InChI=1S/C14H21NO/c1-3-11-16-14-9-5-7-13(12-14)8-6-10-15-4-2/h5-9,12,15H,3-4,10-11H2,1-2H3. The van der Waals surface area contributed by atoms with Gasteiger partial charge in [-0.25, -0.2) is 0 Å². The van der Waals surface area contributed by atoms with Crippen molar-refractivity contribution in [2.24, 2.45) is 0 Å². The summed E-state index contributed by atoms with van der Waals surface area (Å²) in [5.74, 6) is 0.951. The third kappa shape index (κ3) is 4.99. The highest BCUT2D eigenvalue weighted by molar-refractivity contribution is 5.51. The predicted molar refractivity (Wildman–Crippen MR) is 69.8 cm³/mol. The summed E-state index contributed by atoms with van der Waals surface area (Å²) in [5.41, 5.74) is 1.19. The Bertz CT molecular complexity index is 320. The molecule has 0 saturated heterocycles. The molecule has 88 valence electrons. The van der Waals surface area contributed by atoms with Crippen molar-refractivity contribution in [2.45, 2.75) is 20.3 Å². The topological polar surface area (TPSA) is 21.3 Å². The molecule has 0 saturated carbocycles. The van der Waals surface area contributed by atoms with Gasteiger partial charge in [0.1, 0.15) is 5.75 Å². The Morgan fingerprint density at radius 2 is 2.19 bits per heavy atom. The van der Waals surface area contributed by atoms with Crippen LogP contribution in [0.25, 0.3) is 6.08 Å². The summed E-state index contributed by atoms with van der Waals surface area (Å²) in [6, 6.07) is 8.18. The molecule has 0 unspecified atom stereocenters. The summed E-state index contributed by atoms with van der Waals surface area (Å²) < 4.78 is 5.57. The van der Waals surface area contributed by atoms with Crippen molar-refractivity contribution in [1.82, 2.24) is 5.32 Å². The van der Waals surface area contributed by atoms with E-state index in [1.165, 1.54) is 5.56 Å². The van der Waals surface area contributed by atoms with E-state index in [1.807, 2.05) is 12.1 Å². The molecular formula is C14H21NO. The summed E-state index contributed by atoms with van der Waals surface area (Å²) >= 11 is 0. The van der Waals surface area contributed by atoms with Gasteiger partial charge < -0.3 is 10.1 Å². The highest BCUT2D eigenvalue weighted by Crippen LogP contribution is 2.14. The van der Waals surface area contributed by atoms with Crippen LogP contribution in [0.2, 0.25) is 0 Å². The molecule has 1 aromatic carbocycles. The van der Waals surface area contributed by atoms with E-state index in [1.54, 1.807) is 0 Å². The molecule has 0 fully saturated rings. The van der Waals surface area contributed by atoms with E-state index in [-0.39, 0.29) is 0 Å². The number of likely N-dealkylation sites (N-methyl/N-ethyl adjacent to an activating group) is 1. The fraction of sp³-hybridized carbons (Fsp3) is 0.429. The molecule has 1 aromatic rings. The summed E-state index contributed by atoms with van der Waals surface area (Å²) in [6.07, 6.45) is 5.28. The van der Waals surface area contributed by atoms with Crippen molar-refractivity contribution < 1.29 is 4.74 Å². The highest BCUT2D eigenvalue weighted by Gasteiger charge is 1.93. The maximum absolute atomic E-state index is 5.57. The quantitative estimate of drug-likeness (QED) is 0.711. The summed E-state index contributed by atoms with van der Waals surface area (Å²) in [5, 5.41) is 3.25. The van der Waals surface area contributed by atoms with Gasteiger partial charge in [0, 0.05) is 6.54 Å². The molecule has 2 heteroatoms. The number of nitrogens with one attached hydrogen (secondary N) is 1. The Morgan fingerprint density at radius 3 is 2.94 bits per heavy atom. The SMILES string of the molecule is CCCOc1cccc(C=CCNCC)c1. The Labute approximate surface area is 98.3 Å². The van der Waals surface area contributed by atoms with E-state index >= 15 is 0 Å². The Morgan fingerprint density at radius 1 is 1.31 bits per heavy atom. The first kappa shape index (κ1) is 12.8. The maximum atomic E-state index is 5.57. The molecular weight excluding hydrogens is 198 g/mol. The van der Waals surface area contributed by atoms with E-state index in [0.717, 1.165) is 31.9 Å². The maximum Gasteiger partial charge on any atom is 0.119 e. The van der Waals surface area contributed by atoms with Crippen LogP contribution in [0, 0.1) is 0 Å². The lowest BCUT2D eigenvalue weighted by Crippen LogP contribution is -2.11. The molecule has 0 aliphatic rings. The van der Waals surface area contributed by atoms with Gasteiger partial charge in [-0.2, -0.15) is 0 Å². The van der Waals surface area contributed by atoms with Crippen LogP contribution >= 0.6 is 0 Å². The van der Waals surface area contributed by atoms with E-state index < -0.39 is 0 Å². The van der Waals surface area contributed by atoms with Crippen LogP contribution in [0.3, 0.4) is 0 Å². The van der Waals surface area contributed by atoms with E-state index in [0.29, 0.717) is 0 Å². The zero-order valence-corrected chi connectivity index (χ0v) is 10.2. The van der Waals surface area contributed by atoms with Crippen LogP contribution in [0.4, 0.5) is 0 Å². The zero-order valence-electron chi connectivity index (χ0n) is 10.2. The van der Waals surface area contributed by atoms with E-state index in [2.05, 4.69) is 43.4 Å². The Hall–Kier alpha value is -1.28. The minimum atomic E-state index is 0.782. The molecule has 0 bridgehead atoms. The molecule has 2 nitrogen and oxygen atoms in total. The Kier molecular flexibility index (Phi) is 6.35. The van der Waals surface area contributed by atoms with Crippen LogP contribution < -0.4 is 10.1 Å². The highest BCUT2D eigenvalue weighted by atomic mass is 16.5. The minimum Gasteiger partial charge on any atom is -0.494 e. The van der Waals surface area contributed by atoms with E-state index in [9.17, 15) is 0 Å². The van der Waals surface area contributed by atoms with Crippen LogP contribution in [0.15, 0.2) is 30.3 Å². The minimum absolute atomic E-state index is 0.782. The second-order valence-corrected chi connectivity index (χ2v) is 3.63. The Balaban J connectivity index is 2.49. The number of hydrogen-bond donors (Lipinski definition) is 1. The molecule has 1 N–H and O–H groups in total. The first-order valence-corrected chi connectivity index (χ1v) is 5.97. The summed E-state index contributed by atoms with van der Waals surface area (Å²) in [7, 11) is 0. The van der Waals surface area contributed by atoms with Crippen molar-refractivity contribution in [3.8, 4) is 5.75 Å². The van der Waals surface area contributed by atoms with Gasteiger partial charge in [-0.1, -0.05) is 38.1 Å². The molecule has 16 heavy (non-hydrogen) atoms. The third-order valence-electron chi connectivity index (χ3n) is 2.15. The molecule has 0 atom stereocenters. The number of ether oxygens (including phenoxy) is 1. The first-order valence-electron chi connectivity index (χ1n) is 5.97. The average Bonchev–Trinajstić information content (AvgIpc) is 2.33. The van der Waals surface area contributed by atoms with Gasteiger partial charge in [0.2, 0.25) is 0 Å². The van der Waals surface area contributed by atoms with Crippen LogP contribution in [0.5, 0.6) is 5.75 Å². The van der Waals surface area contributed by atoms with E-state index in [4.69, 9.17) is 4.74 Å². The number of hydrogen-bond acceptors (Lipinski definition) is 2. The first-order chi connectivity index (χ1) is 7.86. The normalized spacial score (nSPS) is 10.9. The van der Waals surface area contributed by atoms with Gasteiger partial charge >= 0.3 is 0 Å². The summed E-state index contributed by atoms with van der Waals surface area (Å²) in [6.45, 7) is 6.91. The largest absolute Gasteiger partial charge is 0.494 e. The fourth-order valence-electron chi connectivity index (χ4n) is 1.35. The fourth-order valence-corrected chi connectivity index (χ4v) is 1.35. The van der Waals surface area contributed by atoms with Crippen LogP contribution in [-0.4, -0.2) is 19.7 Å². The monoisotopic (exact) mass is 219 g/mol. The zero-order chi connectivity index (χ0) is 11.6.